The molecule has 1 atom stereocenters. The van der Waals surface area contributed by atoms with Gasteiger partial charge in [-0.05, 0) is 37.6 Å². The molecule has 3 heteroatoms. The predicted molar refractivity (Wildman–Crippen MR) is 67.1 cm³/mol. The molecule has 0 saturated heterocycles. The highest BCUT2D eigenvalue weighted by Crippen LogP contribution is 2.33. The topological polar surface area (TPSA) is 21.3 Å². The molecule has 1 saturated carbocycles. The van der Waals surface area contributed by atoms with Crippen LogP contribution in [-0.2, 0) is 0 Å². The van der Waals surface area contributed by atoms with Crippen LogP contribution in [0.1, 0.15) is 19.3 Å². The minimum Gasteiger partial charge on any atom is -0.492 e. The first-order valence-electron chi connectivity index (χ1n) is 5.83. The molecule has 1 unspecified atom stereocenters. The standard InChI is InChI=1S/C13H18ClNO/c1-15-12(7-10-5-6-10)9-16-13-4-2-3-11(14)8-13/h2-4,8,10,12,15H,5-7,9H2,1H3. The van der Waals surface area contributed by atoms with Crippen molar-refractivity contribution in [1.29, 1.82) is 0 Å². The normalized spacial score (nSPS) is 17.1. The Kier molecular flexibility index (Phi) is 4.08. The van der Waals surface area contributed by atoms with Crippen LogP contribution in [0.2, 0.25) is 5.02 Å². The van der Waals surface area contributed by atoms with Crippen LogP contribution in [0.4, 0.5) is 0 Å². The lowest BCUT2D eigenvalue weighted by Gasteiger charge is -2.16. The minimum absolute atomic E-state index is 0.450. The fourth-order valence-electron chi connectivity index (χ4n) is 1.78. The van der Waals surface area contributed by atoms with Crippen molar-refractivity contribution in [3.8, 4) is 5.75 Å². The maximum absolute atomic E-state index is 5.89. The van der Waals surface area contributed by atoms with Crippen molar-refractivity contribution in [1.82, 2.24) is 5.32 Å². The maximum atomic E-state index is 5.89. The molecule has 0 heterocycles. The van der Waals surface area contributed by atoms with Crippen molar-refractivity contribution in [3.05, 3.63) is 29.3 Å². The van der Waals surface area contributed by atoms with Crippen molar-refractivity contribution >= 4 is 11.6 Å². The molecular formula is C13H18ClNO. The van der Waals surface area contributed by atoms with Crippen molar-refractivity contribution in [3.63, 3.8) is 0 Å². The summed E-state index contributed by atoms with van der Waals surface area (Å²) in [5, 5.41) is 4.02. The fraction of sp³-hybridized carbons (Fsp3) is 0.538. The first kappa shape index (κ1) is 11.7. The Bertz CT molecular complexity index is 338. The zero-order valence-electron chi connectivity index (χ0n) is 9.58. The average molecular weight is 240 g/mol. The van der Waals surface area contributed by atoms with Crippen LogP contribution in [0, 0.1) is 5.92 Å². The van der Waals surface area contributed by atoms with E-state index in [0.29, 0.717) is 12.6 Å². The SMILES string of the molecule is CNC(COc1cccc(Cl)c1)CC1CC1. The van der Waals surface area contributed by atoms with Crippen LogP contribution < -0.4 is 10.1 Å². The van der Waals surface area contributed by atoms with Gasteiger partial charge in [0, 0.05) is 11.1 Å². The van der Waals surface area contributed by atoms with Crippen LogP contribution >= 0.6 is 11.6 Å². The molecule has 0 spiro atoms. The zero-order chi connectivity index (χ0) is 11.4. The summed E-state index contributed by atoms with van der Waals surface area (Å²) in [6.07, 6.45) is 3.99. The Labute approximate surface area is 102 Å². The van der Waals surface area contributed by atoms with Crippen LogP contribution in [-0.4, -0.2) is 19.7 Å². The van der Waals surface area contributed by atoms with E-state index in [4.69, 9.17) is 16.3 Å². The number of likely N-dealkylation sites (N-methyl/N-ethyl adjacent to an activating group) is 1. The van der Waals surface area contributed by atoms with Gasteiger partial charge in [0.25, 0.3) is 0 Å². The molecule has 88 valence electrons. The molecule has 0 radical (unpaired) electrons. The van der Waals surface area contributed by atoms with E-state index in [1.54, 1.807) is 0 Å². The molecular weight excluding hydrogens is 222 g/mol. The zero-order valence-corrected chi connectivity index (χ0v) is 10.3. The average Bonchev–Trinajstić information content (AvgIpc) is 3.08. The molecule has 0 amide bonds. The molecule has 2 nitrogen and oxygen atoms in total. The number of halogens is 1. The third kappa shape index (κ3) is 3.69. The van der Waals surface area contributed by atoms with Gasteiger partial charge in [0.05, 0.1) is 0 Å². The number of ether oxygens (including phenoxy) is 1. The van der Waals surface area contributed by atoms with Crippen molar-refractivity contribution in [2.75, 3.05) is 13.7 Å². The Hall–Kier alpha value is -0.730. The summed E-state index contributed by atoms with van der Waals surface area (Å²) in [5.41, 5.74) is 0. The molecule has 2 rings (SSSR count). The molecule has 0 aromatic heterocycles. The predicted octanol–water partition coefficient (Wildman–Crippen LogP) is 3.11. The van der Waals surface area contributed by atoms with E-state index < -0.39 is 0 Å². The van der Waals surface area contributed by atoms with Crippen LogP contribution in [0.15, 0.2) is 24.3 Å². The molecule has 1 fully saturated rings. The summed E-state index contributed by atoms with van der Waals surface area (Å²) in [6.45, 7) is 0.716. The van der Waals surface area contributed by atoms with Gasteiger partial charge in [0.1, 0.15) is 12.4 Å². The molecule has 0 aliphatic heterocycles. The van der Waals surface area contributed by atoms with E-state index in [9.17, 15) is 0 Å². The molecule has 1 N–H and O–H groups in total. The Balaban J connectivity index is 1.80. The van der Waals surface area contributed by atoms with Crippen molar-refractivity contribution in [2.24, 2.45) is 5.92 Å². The number of hydrogen-bond donors (Lipinski definition) is 1. The Morgan fingerprint density at radius 2 is 2.31 bits per heavy atom. The molecule has 1 aliphatic carbocycles. The molecule has 1 aliphatic rings. The molecule has 16 heavy (non-hydrogen) atoms. The van der Waals surface area contributed by atoms with Crippen molar-refractivity contribution < 1.29 is 4.74 Å². The maximum Gasteiger partial charge on any atom is 0.120 e. The summed E-state index contributed by atoms with van der Waals surface area (Å²) in [7, 11) is 1.99. The highest BCUT2D eigenvalue weighted by atomic mass is 35.5. The number of hydrogen-bond acceptors (Lipinski definition) is 2. The summed E-state index contributed by atoms with van der Waals surface area (Å²) < 4.78 is 5.72. The first-order chi connectivity index (χ1) is 7.78. The monoisotopic (exact) mass is 239 g/mol. The van der Waals surface area contributed by atoms with E-state index >= 15 is 0 Å². The van der Waals surface area contributed by atoms with Gasteiger partial charge in [-0.1, -0.05) is 30.5 Å². The number of nitrogens with one attached hydrogen (secondary N) is 1. The lowest BCUT2D eigenvalue weighted by atomic mass is 10.1. The second-order valence-corrected chi connectivity index (χ2v) is 4.87. The van der Waals surface area contributed by atoms with E-state index in [2.05, 4.69) is 5.32 Å². The van der Waals surface area contributed by atoms with Gasteiger partial charge in [0.15, 0.2) is 0 Å². The third-order valence-electron chi connectivity index (χ3n) is 2.97. The third-order valence-corrected chi connectivity index (χ3v) is 3.21. The summed E-state index contributed by atoms with van der Waals surface area (Å²) in [5.74, 6) is 1.77. The van der Waals surface area contributed by atoms with Gasteiger partial charge < -0.3 is 10.1 Å². The van der Waals surface area contributed by atoms with E-state index in [1.165, 1.54) is 19.3 Å². The summed E-state index contributed by atoms with van der Waals surface area (Å²) in [4.78, 5) is 0. The first-order valence-corrected chi connectivity index (χ1v) is 6.21. The summed E-state index contributed by atoms with van der Waals surface area (Å²) >= 11 is 5.89. The largest absolute Gasteiger partial charge is 0.492 e. The Morgan fingerprint density at radius 3 is 2.94 bits per heavy atom. The van der Waals surface area contributed by atoms with Gasteiger partial charge >= 0.3 is 0 Å². The van der Waals surface area contributed by atoms with Gasteiger partial charge in [-0.2, -0.15) is 0 Å². The van der Waals surface area contributed by atoms with E-state index in [0.717, 1.165) is 16.7 Å². The lowest BCUT2D eigenvalue weighted by Crippen LogP contribution is -2.32. The lowest BCUT2D eigenvalue weighted by molar-refractivity contribution is 0.259. The smallest absolute Gasteiger partial charge is 0.120 e. The van der Waals surface area contributed by atoms with E-state index in [1.807, 2.05) is 31.3 Å². The second-order valence-electron chi connectivity index (χ2n) is 4.43. The van der Waals surface area contributed by atoms with Gasteiger partial charge in [-0.15, -0.1) is 0 Å². The highest BCUT2D eigenvalue weighted by Gasteiger charge is 2.24. The van der Waals surface area contributed by atoms with E-state index in [-0.39, 0.29) is 0 Å². The van der Waals surface area contributed by atoms with Crippen LogP contribution in [0.5, 0.6) is 5.75 Å². The van der Waals surface area contributed by atoms with Gasteiger partial charge in [-0.3, -0.25) is 0 Å². The fourth-order valence-corrected chi connectivity index (χ4v) is 1.96. The quantitative estimate of drug-likeness (QED) is 0.824. The van der Waals surface area contributed by atoms with Gasteiger partial charge in [0.2, 0.25) is 0 Å². The van der Waals surface area contributed by atoms with Gasteiger partial charge in [-0.25, -0.2) is 0 Å². The van der Waals surface area contributed by atoms with Crippen LogP contribution in [0.3, 0.4) is 0 Å². The Morgan fingerprint density at radius 1 is 1.50 bits per heavy atom. The van der Waals surface area contributed by atoms with Crippen molar-refractivity contribution in [2.45, 2.75) is 25.3 Å². The number of rotatable bonds is 6. The minimum atomic E-state index is 0.450. The number of benzene rings is 1. The highest BCUT2D eigenvalue weighted by molar-refractivity contribution is 6.30. The molecule has 0 bridgehead atoms. The van der Waals surface area contributed by atoms with Crippen LogP contribution in [0.25, 0.3) is 0 Å². The molecule has 1 aromatic rings. The second kappa shape index (κ2) is 5.55. The summed E-state index contributed by atoms with van der Waals surface area (Å²) in [6, 6.07) is 8.01. The molecule has 1 aromatic carbocycles.